The molecule has 1 aromatic heterocycles. The van der Waals surface area contributed by atoms with Gasteiger partial charge in [-0.3, -0.25) is 4.79 Å². The molecule has 2 aliphatic heterocycles. The highest BCUT2D eigenvalue weighted by Crippen LogP contribution is 2.43. The standard InChI is InChI=1S/C25H24N4O3S/c30-19-9-4-8-18-22(19)23(17-10-11-20-21(14-17)32-13-5-12-31-20)29-24(26-18)27-25(28-29)33-15-16-6-2-1-3-7-16/h1-3,6-7,10-11,14,23H,4-5,8-9,12-13,15H2,(H,26,27,28). The van der Waals surface area contributed by atoms with Crippen LogP contribution in [0, 0.1) is 0 Å². The molecule has 7 nitrogen and oxygen atoms in total. The zero-order chi connectivity index (χ0) is 22.2. The molecule has 8 heteroatoms. The monoisotopic (exact) mass is 460 g/mol. The Kier molecular flexibility index (Phi) is 5.30. The summed E-state index contributed by atoms with van der Waals surface area (Å²) in [6, 6.07) is 15.9. The van der Waals surface area contributed by atoms with Gasteiger partial charge in [0.15, 0.2) is 17.3 Å². The lowest BCUT2D eigenvalue weighted by Gasteiger charge is -2.32. The van der Waals surface area contributed by atoms with Gasteiger partial charge < -0.3 is 14.8 Å². The van der Waals surface area contributed by atoms with Crippen molar-refractivity contribution in [1.29, 1.82) is 0 Å². The fourth-order valence-electron chi connectivity index (χ4n) is 4.58. The molecule has 33 heavy (non-hydrogen) atoms. The van der Waals surface area contributed by atoms with E-state index < -0.39 is 0 Å². The molecule has 0 fully saturated rings. The number of carbonyl (C=O) groups is 1. The smallest absolute Gasteiger partial charge is 0.227 e. The molecule has 6 rings (SSSR count). The van der Waals surface area contributed by atoms with Crippen LogP contribution in [0.15, 0.2) is 65.0 Å². The third kappa shape index (κ3) is 3.88. The van der Waals surface area contributed by atoms with Crippen molar-refractivity contribution in [2.24, 2.45) is 0 Å². The lowest BCUT2D eigenvalue weighted by molar-refractivity contribution is -0.116. The number of ether oxygens (including phenoxy) is 2. The van der Waals surface area contributed by atoms with E-state index in [9.17, 15) is 4.79 Å². The predicted octanol–water partition coefficient (Wildman–Crippen LogP) is 4.75. The number of ketones is 1. The number of thioether (sulfide) groups is 1. The molecule has 3 aliphatic rings. The summed E-state index contributed by atoms with van der Waals surface area (Å²) in [5.74, 6) is 3.09. The first-order valence-electron chi connectivity index (χ1n) is 11.3. The predicted molar refractivity (Wildman–Crippen MR) is 126 cm³/mol. The number of anilines is 1. The lowest BCUT2D eigenvalue weighted by Crippen LogP contribution is -2.31. The lowest BCUT2D eigenvalue weighted by atomic mass is 9.85. The molecular weight excluding hydrogens is 436 g/mol. The van der Waals surface area contributed by atoms with Crippen molar-refractivity contribution in [3.05, 3.63) is 70.9 Å². The van der Waals surface area contributed by atoms with E-state index in [1.165, 1.54) is 5.56 Å². The summed E-state index contributed by atoms with van der Waals surface area (Å²) in [4.78, 5) is 17.8. The Morgan fingerprint density at radius 2 is 1.88 bits per heavy atom. The van der Waals surface area contributed by atoms with Gasteiger partial charge in [-0.15, -0.1) is 5.10 Å². The number of hydrogen-bond acceptors (Lipinski definition) is 7. The van der Waals surface area contributed by atoms with Crippen LogP contribution in [0.5, 0.6) is 11.5 Å². The maximum absolute atomic E-state index is 13.1. The van der Waals surface area contributed by atoms with E-state index in [0.717, 1.165) is 47.6 Å². The van der Waals surface area contributed by atoms with Gasteiger partial charge in [-0.2, -0.15) is 4.98 Å². The SMILES string of the molecule is O=C1CCCC2=C1C(c1ccc3c(c1)OCCCO3)n1nc(SCc3ccccc3)nc1N2. The van der Waals surface area contributed by atoms with Crippen LogP contribution in [0.1, 0.15) is 42.9 Å². The molecule has 168 valence electrons. The van der Waals surface area contributed by atoms with E-state index in [2.05, 4.69) is 17.4 Å². The third-order valence-corrected chi connectivity index (χ3v) is 7.06. The van der Waals surface area contributed by atoms with Gasteiger partial charge in [-0.25, -0.2) is 4.68 Å². The van der Waals surface area contributed by atoms with E-state index in [4.69, 9.17) is 19.6 Å². The van der Waals surface area contributed by atoms with Crippen molar-refractivity contribution in [2.75, 3.05) is 18.5 Å². The van der Waals surface area contributed by atoms with Gasteiger partial charge >= 0.3 is 0 Å². The summed E-state index contributed by atoms with van der Waals surface area (Å²) >= 11 is 1.59. The van der Waals surface area contributed by atoms with E-state index >= 15 is 0 Å². The number of benzene rings is 2. The maximum atomic E-state index is 13.1. The van der Waals surface area contributed by atoms with Crippen LogP contribution in [0.3, 0.4) is 0 Å². The number of Topliss-reactive ketones (excluding diaryl/α,β-unsaturated/α-hetero) is 1. The van der Waals surface area contributed by atoms with Gasteiger partial charge in [0.1, 0.15) is 6.04 Å². The quantitative estimate of drug-likeness (QED) is 0.563. The molecular formula is C25H24N4O3S. The van der Waals surface area contributed by atoms with Gasteiger partial charge in [0.25, 0.3) is 0 Å². The van der Waals surface area contributed by atoms with Gasteiger partial charge in [0, 0.05) is 29.9 Å². The Morgan fingerprint density at radius 1 is 1.03 bits per heavy atom. The van der Waals surface area contributed by atoms with Crippen LogP contribution in [-0.2, 0) is 10.5 Å². The van der Waals surface area contributed by atoms with E-state index in [-0.39, 0.29) is 11.8 Å². The summed E-state index contributed by atoms with van der Waals surface area (Å²) < 4.78 is 13.6. The second kappa shape index (κ2) is 8.59. The van der Waals surface area contributed by atoms with Crippen molar-refractivity contribution in [3.8, 4) is 11.5 Å². The summed E-state index contributed by atoms with van der Waals surface area (Å²) in [6.07, 6.45) is 3.09. The molecule has 0 amide bonds. The molecule has 0 saturated heterocycles. The summed E-state index contributed by atoms with van der Waals surface area (Å²) in [5.41, 5.74) is 3.92. The Balaban J connectivity index is 1.38. The molecule has 0 spiro atoms. The highest BCUT2D eigenvalue weighted by molar-refractivity contribution is 7.98. The number of carbonyl (C=O) groups excluding carboxylic acids is 1. The maximum Gasteiger partial charge on any atom is 0.227 e. The van der Waals surface area contributed by atoms with Gasteiger partial charge in [0.05, 0.1) is 13.2 Å². The second-order valence-electron chi connectivity index (χ2n) is 8.39. The summed E-state index contributed by atoms with van der Waals surface area (Å²) in [7, 11) is 0. The molecule has 0 saturated carbocycles. The van der Waals surface area contributed by atoms with Crippen molar-refractivity contribution in [2.45, 2.75) is 42.6 Å². The first kappa shape index (κ1) is 20.4. The Bertz CT molecular complexity index is 1240. The molecule has 2 aromatic carbocycles. The van der Waals surface area contributed by atoms with Crippen LogP contribution >= 0.6 is 11.8 Å². The van der Waals surface area contributed by atoms with Crippen LogP contribution in [0.2, 0.25) is 0 Å². The van der Waals surface area contributed by atoms with E-state index in [1.807, 2.05) is 41.1 Å². The minimum Gasteiger partial charge on any atom is -0.490 e. The molecule has 0 bridgehead atoms. The van der Waals surface area contributed by atoms with Crippen LogP contribution < -0.4 is 14.8 Å². The fourth-order valence-corrected chi connectivity index (χ4v) is 5.36. The number of nitrogens with zero attached hydrogens (tertiary/aromatic N) is 3. The third-order valence-electron chi connectivity index (χ3n) is 6.15. The minimum atomic E-state index is -0.334. The Hall–Kier alpha value is -3.26. The Labute approximate surface area is 196 Å². The number of rotatable bonds is 4. The topological polar surface area (TPSA) is 78.3 Å². The number of hydrogen-bond donors (Lipinski definition) is 1. The zero-order valence-electron chi connectivity index (χ0n) is 18.1. The molecule has 3 aromatic rings. The molecule has 0 radical (unpaired) electrons. The van der Waals surface area contributed by atoms with Gasteiger partial charge in [-0.1, -0.05) is 48.2 Å². The van der Waals surface area contributed by atoms with Crippen molar-refractivity contribution >= 4 is 23.5 Å². The van der Waals surface area contributed by atoms with Gasteiger partial charge in [0.2, 0.25) is 11.1 Å². The largest absolute Gasteiger partial charge is 0.490 e. The zero-order valence-corrected chi connectivity index (χ0v) is 18.9. The molecule has 1 N–H and O–H groups in total. The molecule has 1 unspecified atom stereocenters. The van der Waals surface area contributed by atoms with Crippen molar-refractivity contribution in [3.63, 3.8) is 0 Å². The average Bonchev–Trinajstić information content (AvgIpc) is 3.10. The normalized spacial score (nSPS) is 19.4. The van der Waals surface area contributed by atoms with Gasteiger partial charge in [-0.05, 0) is 36.1 Å². The molecule has 1 aliphatic carbocycles. The molecule has 1 atom stereocenters. The fraction of sp³-hybridized carbons (Fsp3) is 0.320. The van der Waals surface area contributed by atoms with Crippen molar-refractivity contribution < 1.29 is 14.3 Å². The van der Waals surface area contributed by atoms with Crippen molar-refractivity contribution in [1.82, 2.24) is 14.8 Å². The average molecular weight is 461 g/mol. The van der Waals surface area contributed by atoms with E-state index in [1.54, 1.807) is 11.8 Å². The first-order chi connectivity index (χ1) is 16.3. The number of allylic oxidation sites excluding steroid dienone is 2. The highest BCUT2D eigenvalue weighted by Gasteiger charge is 2.37. The number of aromatic nitrogens is 3. The second-order valence-corrected chi connectivity index (χ2v) is 9.33. The molecule has 3 heterocycles. The van der Waals surface area contributed by atoms with Crippen LogP contribution in [-0.4, -0.2) is 33.8 Å². The summed E-state index contributed by atoms with van der Waals surface area (Å²) in [6.45, 7) is 1.26. The van der Waals surface area contributed by atoms with E-state index in [0.29, 0.717) is 36.5 Å². The first-order valence-corrected chi connectivity index (χ1v) is 12.3. The number of nitrogens with one attached hydrogen (secondary N) is 1. The van der Waals surface area contributed by atoms with Crippen LogP contribution in [0.25, 0.3) is 0 Å². The number of fused-ring (bicyclic) bond motifs is 2. The minimum absolute atomic E-state index is 0.167. The van der Waals surface area contributed by atoms with Crippen LogP contribution in [0.4, 0.5) is 5.95 Å². The highest BCUT2D eigenvalue weighted by atomic mass is 32.2. The summed E-state index contributed by atoms with van der Waals surface area (Å²) in [5, 5.41) is 8.91. The Morgan fingerprint density at radius 3 is 2.76 bits per heavy atom.